The van der Waals surface area contributed by atoms with Crippen molar-refractivity contribution in [2.45, 2.75) is 58.0 Å². The lowest BCUT2D eigenvalue weighted by Gasteiger charge is -2.22. The van der Waals surface area contributed by atoms with Gasteiger partial charge in [-0.05, 0) is 43.7 Å². The first-order valence-corrected chi connectivity index (χ1v) is 7.91. The highest BCUT2D eigenvalue weighted by molar-refractivity contribution is 5.36. The number of hydrogen-bond acceptors (Lipinski definition) is 4. The number of fused-ring (bicyclic) bond motifs is 1. The van der Waals surface area contributed by atoms with Gasteiger partial charge in [-0.25, -0.2) is 0 Å². The van der Waals surface area contributed by atoms with E-state index in [1.54, 1.807) is 0 Å². The number of rotatable bonds is 5. The van der Waals surface area contributed by atoms with Gasteiger partial charge < -0.3 is 9.84 Å². The Morgan fingerprint density at radius 1 is 1.38 bits per heavy atom. The molecule has 2 atom stereocenters. The molecule has 4 heteroatoms. The molecular weight excluding hydrogens is 262 g/mol. The maximum absolute atomic E-state index is 5.40. The first kappa shape index (κ1) is 14.3. The third-order valence-corrected chi connectivity index (χ3v) is 4.38. The third-order valence-electron chi connectivity index (χ3n) is 4.38. The molecule has 0 saturated heterocycles. The van der Waals surface area contributed by atoms with Crippen molar-refractivity contribution >= 4 is 0 Å². The molecule has 2 unspecified atom stereocenters. The Labute approximate surface area is 126 Å². The minimum absolute atomic E-state index is 0.288. The number of hydrogen-bond donors (Lipinski definition) is 1. The van der Waals surface area contributed by atoms with Crippen molar-refractivity contribution in [3.8, 4) is 0 Å². The molecule has 0 saturated carbocycles. The van der Waals surface area contributed by atoms with Crippen LogP contribution in [0.15, 0.2) is 28.8 Å². The average Bonchev–Trinajstić information content (AvgIpc) is 3.00. The molecule has 4 nitrogen and oxygen atoms in total. The summed E-state index contributed by atoms with van der Waals surface area (Å²) in [5.41, 5.74) is 2.80. The molecule has 1 heterocycles. The average molecular weight is 285 g/mol. The summed E-state index contributed by atoms with van der Waals surface area (Å²) in [6.07, 6.45) is 4.55. The van der Waals surface area contributed by atoms with Crippen LogP contribution in [0.4, 0.5) is 0 Å². The monoisotopic (exact) mass is 285 g/mol. The molecule has 0 radical (unpaired) electrons. The maximum Gasteiger partial charge on any atom is 0.240 e. The van der Waals surface area contributed by atoms with Gasteiger partial charge in [0.1, 0.15) is 0 Å². The Kier molecular flexibility index (Phi) is 4.34. The lowest BCUT2D eigenvalue weighted by Crippen LogP contribution is -2.24. The Balaban J connectivity index is 1.75. The highest BCUT2D eigenvalue weighted by Gasteiger charge is 2.25. The Bertz CT molecular complexity index is 593. The van der Waals surface area contributed by atoms with E-state index in [0.29, 0.717) is 18.5 Å². The van der Waals surface area contributed by atoms with E-state index in [1.807, 2.05) is 0 Å². The summed E-state index contributed by atoms with van der Waals surface area (Å²) in [4.78, 5) is 4.60. The van der Waals surface area contributed by atoms with E-state index in [4.69, 9.17) is 4.52 Å². The molecule has 1 aliphatic carbocycles. The van der Waals surface area contributed by atoms with Crippen LogP contribution >= 0.6 is 0 Å². The van der Waals surface area contributed by atoms with Gasteiger partial charge in [0.15, 0.2) is 5.82 Å². The van der Waals surface area contributed by atoms with Crippen LogP contribution < -0.4 is 5.32 Å². The summed E-state index contributed by atoms with van der Waals surface area (Å²) in [5, 5.41) is 7.60. The first-order valence-electron chi connectivity index (χ1n) is 7.91. The molecule has 0 amide bonds. The lowest BCUT2D eigenvalue weighted by molar-refractivity contribution is 0.352. The first-order chi connectivity index (χ1) is 10.3. The van der Waals surface area contributed by atoms with Crippen LogP contribution in [0.5, 0.6) is 0 Å². The van der Waals surface area contributed by atoms with Crippen molar-refractivity contribution in [3.05, 3.63) is 47.1 Å². The molecule has 3 rings (SSSR count). The number of nitrogens with zero attached hydrogens (tertiary/aromatic N) is 2. The number of aryl methyl sites for hydroxylation is 1. The van der Waals surface area contributed by atoms with Gasteiger partial charge in [0.05, 0.1) is 6.54 Å². The number of benzene rings is 1. The van der Waals surface area contributed by atoms with Gasteiger partial charge in [-0.3, -0.25) is 0 Å². The zero-order valence-corrected chi connectivity index (χ0v) is 12.8. The minimum Gasteiger partial charge on any atom is -0.338 e. The third kappa shape index (κ3) is 3.16. The quantitative estimate of drug-likeness (QED) is 0.914. The van der Waals surface area contributed by atoms with Crippen LogP contribution in [-0.4, -0.2) is 16.2 Å². The minimum atomic E-state index is 0.288. The zero-order valence-electron chi connectivity index (χ0n) is 12.8. The van der Waals surface area contributed by atoms with Crippen LogP contribution in [0, 0.1) is 0 Å². The molecule has 21 heavy (non-hydrogen) atoms. The zero-order chi connectivity index (χ0) is 14.7. The molecule has 1 aliphatic rings. The molecule has 1 aromatic carbocycles. The van der Waals surface area contributed by atoms with E-state index in [9.17, 15) is 0 Å². The molecular formula is C17H23N3O. The second kappa shape index (κ2) is 6.39. The normalized spacial score (nSPS) is 19.2. The number of aromatic nitrogens is 2. The van der Waals surface area contributed by atoms with E-state index < -0.39 is 0 Å². The molecule has 0 aliphatic heterocycles. The second-order valence-electron chi connectivity index (χ2n) is 5.88. The fourth-order valence-corrected chi connectivity index (χ4v) is 2.91. The van der Waals surface area contributed by atoms with Crippen LogP contribution in [0.1, 0.15) is 61.9 Å². The summed E-state index contributed by atoms with van der Waals surface area (Å²) >= 11 is 0. The summed E-state index contributed by atoms with van der Waals surface area (Å²) in [6.45, 7) is 4.97. The topological polar surface area (TPSA) is 51.0 Å². The predicted molar refractivity (Wildman–Crippen MR) is 82.1 cm³/mol. The van der Waals surface area contributed by atoms with Gasteiger partial charge >= 0.3 is 0 Å². The smallest absolute Gasteiger partial charge is 0.240 e. The standard InChI is InChI=1S/C17H23N3O/c1-3-12(2)18-11-16-19-17(20-21-16)15-10-6-8-13-7-4-5-9-14(13)15/h4-5,7,9,12,15,18H,3,6,8,10-11H2,1-2H3. The van der Waals surface area contributed by atoms with E-state index in [1.165, 1.54) is 17.5 Å². The largest absolute Gasteiger partial charge is 0.338 e. The molecule has 2 aromatic rings. The molecule has 0 spiro atoms. The van der Waals surface area contributed by atoms with E-state index >= 15 is 0 Å². The highest BCUT2D eigenvalue weighted by atomic mass is 16.5. The van der Waals surface area contributed by atoms with Gasteiger partial charge in [0, 0.05) is 12.0 Å². The Hall–Kier alpha value is -1.68. The van der Waals surface area contributed by atoms with Crippen LogP contribution in [0.3, 0.4) is 0 Å². The summed E-state index contributed by atoms with van der Waals surface area (Å²) in [5.74, 6) is 1.81. The van der Waals surface area contributed by atoms with Crippen molar-refractivity contribution in [3.63, 3.8) is 0 Å². The van der Waals surface area contributed by atoms with Crippen LogP contribution in [-0.2, 0) is 13.0 Å². The highest BCUT2D eigenvalue weighted by Crippen LogP contribution is 2.35. The van der Waals surface area contributed by atoms with Crippen LogP contribution in [0.25, 0.3) is 0 Å². The van der Waals surface area contributed by atoms with E-state index in [0.717, 1.165) is 25.1 Å². The van der Waals surface area contributed by atoms with Crippen LogP contribution in [0.2, 0.25) is 0 Å². The van der Waals surface area contributed by atoms with Gasteiger partial charge in [-0.1, -0.05) is 36.3 Å². The van der Waals surface area contributed by atoms with Crippen molar-refractivity contribution in [1.82, 2.24) is 15.5 Å². The van der Waals surface area contributed by atoms with Crippen molar-refractivity contribution < 1.29 is 4.52 Å². The fourth-order valence-electron chi connectivity index (χ4n) is 2.91. The van der Waals surface area contributed by atoms with Gasteiger partial charge in [-0.2, -0.15) is 4.98 Å². The SMILES string of the molecule is CCC(C)NCc1nc(C2CCCc3ccccc32)no1. The summed E-state index contributed by atoms with van der Waals surface area (Å²) in [7, 11) is 0. The Morgan fingerprint density at radius 2 is 2.24 bits per heavy atom. The molecule has 112 valence electrons. The van der Waals surface area contributed by atoms with Gasteiger partial charge in [-0.15, -0.1) is 0 Å². The van der Waals surface area contributed by atoms with E-state index in [-0.39, 0.29) is 5.92 Å². The van der Waals surface area contributed by atoms with Crippen molar-refractivity contribution in [2.24, 2.45) is 0 Å². The van der Waals surface area contributed by atoms with Crippen molar-refractivity contribution in [1.29, 1.82) is 0 Å². The van der Waals surface area contributed by atoms with Gasteiger partial charge in [0.25, 0.3) is 0 Å². The second-order valence-corrected chi connectivity index (χ2v) is 5.88. The maximum atomic E-state index is 5.40. The lowest BCUT2D eigenvalue weighted by atomic mass is 9.82. The molecule has 1 aromatic heterocycles. The van der Waals surface area contributed by atoms with Crippen molar-refractivity contribution in [2.75, 3.05) is 0 Å². The summed E-state index contributed by atoms with van der Waals surface area (Å²) in [6, 6.07) is 9.09. The number of nitrogens with one attached hydrogen (secondary N) is 1. The molecule has 0 bridgehead atoms. The Morgan fingerprint density at radius 3 is 3.10 bits per heavy atom. The summed E-state index contributed by atoms with van der Waals surface area (Å²) < 4.78 is 5.40. The predicted octanol–water partition coefficient (Wildman–Crippen LogP) is 3.43. The molecule has 1 N–H and O–H groups in total. The van der Waals surface area contributed by atoms with Gasteiger partial charge in [0.2, 0.25) is 5.89 Å². The van der Waals surface area contributed by atoms with E-state index in [2.05, 4.69) is 53.6 Å². The fraction of sp³-hybridized carbons (Fsp3) is 0.529. The molecule has 0 fully saturated rings.